The number of hydrazine groups is 1. The average molecular weight is 474 g/mol. The quantitative estimate of drug-likeness (QED) is 0.343. The molecule has 0 aliphatic carbocycles. The molecule has 168 valence electrons. The number of nitrogens with one attached hydrogen (secondary N) is 3. The summed E-state index contributed by atoms with van der Waals surface area (Å²) in [5.41, 5.74) is 6.38. The number of rotatable bonds is 8. The SMILES string of the molecule is CCc1sc(C(=O)NNC(=O)/C=C/c2ccc(S(=O)(=O)NCc3ccco3)cc2)cc1C. The van der Waals surface area contributed by atoms with E-state index in [2.05, 4.69) is 15.6 Å². The fourth-order valence-corrected chi connectivity index (χ4v) is 4.80. The number of carbonyl (C=O) groups excluding carboxylic acids is 2. The molecule has 0 radical (unpaired) electrons. The molecule has 0 saturated heterocycles. The first-order valence-electron chi connectivity index (χ1n) is 9.78. The molecule has 3 rings (SSSR count). The van der Waals surface area contributed by atoms with Gasteiger partial charge >= 0.3 is 0 Å². The highest BCUT2D eigenvalue weighted by atomic mass is 32.2. The molecule has 3 aromatic rings. The van der Waals surface area contributed by atoms with Gasteiger partial charge in [-0.05, 0) is 60.9 Å². The lowest BCUT2D eigenvalue weighted by Gasteiger charge is -2.06. The van der Waals surface area contributed by atoms with E-state index in [0.717, 1.165) is 16.9 Å². The predicted molar refractivity (Wildman–Crippen MR) is 122 cm³/mol. The number of sulfonamides is 1. The van der Waals surface area contributed by atoms with Crippen LogP contribution in [0.4, 0.5) is 0 Å². The summed E-state index contributed by atoms with van der Waals surface area (Å²) < 4.78 is 32.2. The molecule has 3 N–H and O–H groups in total. The van der Waals surface area contributed by atoms with E-state index >= 15 is 0 Å². The summed E-state index contributed by atoms with van der Waals surface area (Å²) in [6.45, 7) is 4.01. The standard InChI is InChI=1S/C22H23N3O5S2/c1-3-19-15(2)13-20(31-19)22(27)25-24-21(26)11-8-16-6-9-18(10-7-16)32(28,29)23-14-17-5-4-12-30-17/h4-13,23H,3,14H2,1-2H3,(H,24,26)(H,25,27)/b11-8+. The van der Waals surface area contributed by atoms with Crippen molar-refractivity contribution in [3.63, 3.8) is 0 Å². The van der Waals surface area contributed by atoms with Crippen LogP contribution in [0.3, 0.4) is 0 Å². The Morgan fingerprint density at radius 2 is 1.88 bits per heavy atom. The minimum absolute atomic E-state index is 0.0493. The highest BCUT2D eigenvalue weighted by Crippen LogP contribution is 2.22. The summed E-state index contributed by atoms with van der Waals surface area (Å²) in [6.07, 6.45) is 5.07. The zero-order valence-corrected chi connectivity index (χ0v) is 19.2. The maximum atomic E-state index is 12.3. The third kappa shape index (κ3) is 6.16. The van der Waals surface area contributed by atoms with Crippen molar-refractivity contribution in [3.05, 3.63) is 81.4 Å². The van der Waals surface area contributed by atoms with Gasteiger partial charge in [-0.1, -0.05) is 19.1 Å². The number of amides is 2. The van der Waals surface area contributed by atoms with E-state index in [0.29, 0.717) is 16.2 Å². The van der Waals surface area contributed by atoms with E-state index in [1.807, 2.05) is 13.8 Å². The second-order valence-corrected chi connectivity index (χ2v) is 9.72. The Kier molecular flexibility index (Phi) is 7.62. The van der Waals surface area contributed by atoms with Gasteiger partial charge in [-0.2, -0.15) is 0 Å². The Bertz CT molecular complexity index is 1210. The molecule has 0 spiro atoms. The Morgan fingerprint density at radius 1 is 1.12 bits per heavy atom. The molecule has 2 heterocycles. The summed E-state index contributed by atoms with van der Waals surface area (Å²) in [5.74, 6) is -0.387. The van der Waals surface area contributed by atoms with E-state index in [-0.39, 0.29) is 17.3 Å². The number of thiophene rings is 1. The van der Waals surface area contributed by atoms with Crippen molar-refractivity contribution in [2.75, 3.05) is 0 Å². The van der Waals surface area contributed by atoms with E-state index in [1.54, 1.807) is 30.3 Å². The van der Waals surface area contributed by atoms with Crippen molar-refractivity contribution in [2.45, 2.75) is 31.7 Å². The largest absolute Gasteiger partial charge is 0.468 e. The van der Waals surface area contributed by atoms with Gasteiger partial charge in [-0.15, -0.1) is 11.3 Å². The summed E-state index contributed by atoms with van der Waals surface area (Å²) >= 11 is 1.39. The molecule has 0 unspecified atom stereocenters. The molecule has 0 saturated carbocycles. The topological polar surface area (TPSA) is 118 Å². The van der Waals surface area contributed by atoms with Gasteiger partial charge in [0.05, 0.1) is 22.6 Å². The van der Waals surface area contributed by atoms with Crippen LogP contribution in [0.25, 0.3) is 6.08 Å². The molecular weight excluding hydrogens is 450 g/mol. The van der Waals surface area contributed by atoms with Crippen LogP contribution in [0.15, 0.2) is 64.1 Å². The smallest absolute Gasteiger partial charge is 0.279 e. The Balaban J connectivity index is 1.52. The first-order valence-corrected chi connectivity index (χ1v) is 12.1. The van der Waals surface area contributed by atoms with Gasteiger partial charge in [-0.25, -0.2) is 13.1 Å². The third-order valence-corrected chi connectivity index (χ3v) is 7.30. The molecule has 8 nitrogen and oxygen atoms in total. The molecule has 0 bridgehead atoms. The van der Waals surface area contributed by atoms with Crippen LogP contribution < -0.4 is 15.6 Å². The van der Waals surface area contributed by atoms with Gasteiger partial charge in [-0.3, -0.25) is 20.4 Å². The van der Waals surface area contributed by atoms with Crippen LogP contribution in [0.5, 0.6) is 0 Å². The average Bonchev–Trinajstić information content (AvgIpc) is 3.44. The Hall–Kier alpha value is -3.21. The Labute approximate surface area is 190 Å². The molecule has 1 aromatic carbocycles. The highest BCUT2D eigenvalue weighted by Gasteiger charge is 2.14. The minimum Gasteiger partial charge on any atom is -0.468 e. The molecule has 0 aliphatic rings. The second kappa shape index (κ2) is 10.4. The maximum Gasteiger partial charge on any atom is 0.279 e. The maximum absolute atomic E-state index is 12.3. The van der Waals surface area contributed by atoms with Crippen molar-refractivity contribution in [2.24, 2.45) is 0 Å². The number of furan rings is 1. The summed E-state index contributed by atoms with van der Waals surface area (Å²) in [4.78, 5) is 25.9. The lowest BCUT2D eigenvalue weighted by molar-refractivity contribution is -0.117. The molecule has 32 heavy (non-hydrogen) atoms. The van der Waals surface area contributed by atoms with Crippen LogP contribution in [0.2, 0.25) is 0 Å². The van der Waals surface area contributed by atoms with Crippen molar-refractivity contribution < 1.29 is 22.4 Å². The van der Waals surface area contributed by atoms with Gasteiger partial charge < -0.3 is 4.42 Å². The Morgan fingerprint density at radius 3 is 2.50 bits per heavy atom. The normalized spacial score (nSPS) is 11.6. The molecule has 0 aliphatic heterocycles. The van der Waals surface area contributed by atoms with Crippen LogP contribution in [0.1, 0.15) is 38.4 Å². The molecule has 2 amide bonds. The fourth-order valence-electron chi connectivity index (χ4n) is 2.80. The zero-order chi connectivity index (χ0) is 23.1. The second-order valence-electron chi connectivity index (χ2n) is 6.82. The fraction of sp³-hybridized carbons (Fsp3) is 0.182. The van der Waals surface area contributed by atoms with Gasteiger partial charge in [0, 0.05) is 11.0 Å². The summed E-state index contributed by atoms with van der Waals surface area (Å²) in [5, 5.41) is 0. The van der Waals surface area contributed by atoms with Crippen molar-refractivity contribution >= 4 is 39.3 Å². The van der Waals surface area contributed by atoms with Crippen molar-refractivity contribution in [1.29, 1.82) is 0 Å². The predicted octanol–water partition coefficient (Wildman–Crippen LogP) is 3.16. The third-order valence-electron chi connectivity index (χ3n) is 4.50. The van der Waals surface area contributed by atoms with Crippen LogP contribution in [-0.2, 0) is 27.8 Å². The van der Waals surface area contributed by atoms with Crippen LogP contribution in [-0.4, -0.2) is 20.2 Å². The molecule has 2 aromatic heterocycles. The molecule has 0 atom stereocenters. The number of hydrogen-bond acceptors (Lipinski definition) is 6. The summed E-state index contributed by atoms with van der Waals surface area (Å²) in [7, 11) is -3.69. The number of aryl methyl sites for hydroxylation is 2. The monoisotopic (exact) mass is 473 g/mol. The van der Waals surface area contributed by atoms with Crippen molar-refractivity contribution in [1.82, 2.24) is 15.6 Å². The lowest BCUT2D eigenvalue weighted by Crippen LogP contribution is -2.40. The van der Waals surface area contributed by atoms with Gasteiger partial charge in [0.15, 0.2) is 0 Å². The van der Waals surface area contributed by atoms with Crippen LogP contribution >= 0.6 is 11.3 Å². The summed E-state index contributed by atoms with van der Waals surface area (Å²) in [6, 6.07) is 11.2. The lowest BCUT2D eigenvalue weighted by atomic mass is 10.2. The number of hydrogen-bond donors (Lipinski definition) is 3. The van der Waals surface area contributed by atoms with Gasteiger partial charge in [0.25, 0.3) is 11.8 Å². The van der Waals surface area contributed by atoms with Gasteiger partial charge in [0.2, 0.25) is 10.0 Å². The highest BCUT2D eigenvalue weighted by molar-refractivity contribution is 7.89. The zero-order valence-electron chi connectivity index (χ0n) is 17.5. The number of benzene rings is 1. The first-order chi connectivity index (χ1) is 15.3. The first kappa shape index (κ1) is 23.5. The molecular formula is C22H23N3O5S2. The van der Waals surface area contributed by atoms with E-state index in [9.17, 15) is 18.0 Å². The van der Waals surface area contributed by atoms with Gasteiger partial charge in [0.1, 0.15) is 5.76 Å². The van der Waals surface area contributed by atoms with E-state index < -0.39 is 15.9 Å². The van der Waals surface area contributed by atoms with E-state index in [4.69, 9.17) is 4.42 Å². The minimum atomic E-state index is -3.69. The molecule has 10 heteroatoms. The number of carbonyl (C=O) groups is 2. The van der Waals surface area contributed by atoms with E-state index in [1.165, 1.54) is 41.9 Å². The van der Waals surface area contributed by atoms with Crippen LogP contribution in [0, 0.1) is 6.92 Å². The van der Waals surface area contributed by atoms with Crippen molar-refractivity contribution in [3.8, 4) is 0 Å². The molecule has 0 fully saturated rings.